The Morgan fingerprint density at radius 3 is 3.06 bits per heavy atom. The van der Waals surface area contributed by atoms with Gasteiger partial charge in [0.1, 0.15) is 5.82 Å². The average molecular weight is 313 g/mol. The minimum Gasteiger partial charge on any atom is -0.380 e. The Kier molecular flexibility index (Phi) is 4.68. The number of ether oxygens (including phenoxy) is 1. The fraction of sp³-hybridized carbons (Fsp3) is 0.500. The van der Waals surface area contributed by atoms with Crippen LogP contribution in [0.3, 0.4) is 0 Å². The van der Waals surface area contributed by atoms with E-state index in [0.717, 1.165) is 41.0 Å². The maximum atomic E-state index is 5.37. The molecule has 0 atom stereocenters. The highest BCUT2D eigenvalue weighted by atomic mass is 79.9. The first kappa shape index (κ1) is 13.5. The number of pyridine rings is 1. The highest BCUT2D eigenvalue weighted by molar-refractivity contribution is 9.10. The predicted molar refractivity (Wildman–Crippen MR) is 74.5 cm³/mol. The molecular formula is C12H17BrN4O. The lowest BCUT2D eigenvalue weighted by molar-refractivity contribution is 0.136. The van der Waals surface area contributed by atoms with Crippen molar-refractivity contribution in [1.29, 1.82) is 0 Å². The molecule has 2 heterocycles. The molecule has 6 heteroatoms. The molecule has 18 heavy (non-hydrogen) atoms. The smallest absolute Gasteiger partial charge is 0.177 e. The number of hydrogen-bond acceptors (Lipinski definition) is 4. The second-order valence-electron chi connectivity index (χ2n) is 4.06. The van der Waals surface area contributed by atoms with Crippen molar-refractivity contribution >= 4 is 27.1 Å². The van der Waals surface area contributed by atoms with Gasteiger partial charge in [0.05, 0.1) is 12.1 Å². The number of hydrogen-bond donors (Lipinski definition) is 1. The van der Waals surface area contributed by atoms with Gasteiger partial charge < -0.3 is 15.0 Å². The second kappa shape index (κ2) is 6.26. The molecule has 0 fully saturated rings. The molecular weight excluding hydrogens is 296 g/mol. The van der Waals surface area contributed by atoms with Crippen LogP contribution in [0.15, 0.2) is 16.7 Å². The van der Waals surface area contributed by atoms with Gasteiger partial charge in [-0.2, -0.15) is 0 Å². The number of imidazole rings is 1. The van der Waals surface area contributed by atoms with Crippen LogP contribution in [0.25, 0.3) is 11.2 Å². The van der Waals surface area contributed by atoms with Gasteiger partial charge in [0.25, 0.3) is 0 Å². The molecule has 0 bridgehead atoms. The van der Waals surface area contributed by atoms with Crippen LogP contribution in [0.5, 0.6) is 0 Å². The van der Waals surface area contributed by atoms with Gasteiger partial charge in [-0.3, -0.25) is 0 Å². The van der Waals surface area contributed by atoms with E-state index in [-0.39, 0.29) is 0 Å². The van der Waals surface area contributed by atoms with Crippen LogP contribution in [0.1, 0.15) is 12.2 Å². The zero-order chi connectivity index (χ0) is 13.0. The summed E-state index contributed by atoms with van der Waals surface area (Å²) < 4.78 is 8.51. The molecule has 0 aliphatic carbocycles. The number of nitrogens with zero attached hydrogens (tertiary/aromatic N) is 3. The lowest BCUT2D eigenvalue weighted by atomic mass is 10.4. The van der Waals surface area contributed by atoms with Crippen molar-refractivity contribution in [2.45, 2.75) is 19.9 Å². The van der Waals surface area contributed by atoms with Crippen LogP contribution in [0.2, 0.25) is 0 Å². The van der Waals surface area contributed by atoms with E-state index in [1.807, 2.05) is 13.0 Å². The molecule has 2 N–H and O–H groups in total. The Balaban J connectivity index is 2.07. The highest BCUT2D eigenvalue weighted by Gasteiger charge is 2.08. The lowest BCUT2D eigenvalue weighted by Crippen LogP contribution is -2.10. The first-order chi connectivity index (χ1) is 8.72. The van der Waals surface area contributed by atoms with Crippen LogP contribution >= 0.6 is 15.9 Å². The zero-order valence-corrected chi connectivity index (χ0v) is 12.0. The van der Waals surface area contributed by atoms with Crippen molar-refractivity contribution in [3.05, 3.63) is 22.6 Å². The normalized spacial score (nSPS) is 11.3. The lowest BCUT2D eigenvalue weighted by Gasteiger charge is -2.07. The van der Waals surface area contributed by atoms with Gasteiger partial charge in [-0.05, 0) is 35.3 Å². The van der Waals surface area contributed by atoms with Crippen molar-refractivity contribution in [2.75, 3.05) is 19.8 Å². The minimum atomic E-state index is 0.573. The van der Waals surface area contributed by atoms with E-state index in [4.69, 9.17) is 10.5 Å². The van der Waals surface area contributed by atoms with Crippen LogP contribution in [0, 0.1) is 6.92 Å². The maximum Gasteiger partial charge on any atom is 0.177 e. The third-order valence-electron chi connectivity index (χ3n) is 2.70. The molecule has 98 valence electrons. The van der Waals surface area contributed by atoms with Crippen molar-refractivity contribution in [1.82, 2.24) is 14.5 Å². The van der Waals surface area contributed by atoms with Crippen molar-refractivity contribution in [2.24, 2.45) is 5.73 Å². The van der Waals surface area contributed by atoms with Gasteiger partial charge in [-0.1, -0.05) is 0 Å². The molecule has 0 unspecified atom stereocenters. The summed E-state index contributed by atoms with van der Waals surface area (Å²) in [5.41, 5.74) is 7.21. The van der Waals surface area contributed by atoms with Gasteiger partial charge in [0.2, 0.25) is 0 Å². The highest BCUT2D eigenvalue weighted by Crippen LogP contribution is 2.18. The van der Waals surface area contributed by atoms with Crippen LogP contribution in [0.4, 0.5) is 0 Å². The van der Waals surface area contributed by atoms with Gasteiger partial charge in [-0.25, -0.2) is 9.97 Å². The molecule has 0 saturated carbocycles. The number of rotatable bonds is 6. The molecule has 2 rings (SSSR count). The first-order valence-electron chi connectivity index (χ1n) is 5.98. The molecule has 0 saturated heterocycles. The summed E-state index contributed by atoms with van der Waals surface area (Å²) >= 11 is 3.44. The fourth-order valence-electron chi connectivity index (χ4n) is 1.89. The second-order valence-corrected chi connectivity index (χ2v) is 4.98. The first-order valence-corrected chi connectivity index (χ1v) is 6.78. The fourth-order valence-corrected chi connectivity index (χ4v) is 2.21. The molecule has 5 nitrogen and oxygen atoms in total. The van der Waals surface area contributed by atoms with E-state index >= 15 is 0 Å². The molecule has 0 aliphatic heterocycles. The summed E-state index contributed by atoms with van der Waals surface area (Å²) in [6, 6.07) is 2.04. The number of halogens is 1. The Labute approximate surface area is 114 Å². The van der Waals surface area contributed by atoms with Gasteiger partial charge >= 0.3 is 0 Å². The number of fused-ring (bicyclic) bond motifs is 1. The topological polar surface area (TPSA) is 66.0 Å². The zero-order valence-electron chi connectivity index (χ0n) is 10.4. The van der Waals surface area contributed by atoms with Crippen molar-refractivity contribution < 1.29 is 4.74 Å². The number of aryl methyl sites for hydroxylation is 2. The Bertz CT molecular complexity index is 526. The van der Waals surface area contributed by atoms with Crippen LogP contribution < -0.4 is 5.73 Å². The van der Waals surface area contributed by atoms with E-state index in [9.17, 15) is 0 Å². The van der Waals surface area contributed by atoms with E-state index < -0.39 is 0 Å². The van der Waals surface area contributed by atoms with E-state index in [1.54, 1.807) is 6.20 Å². The summed E-state index contributed by atoms with van der Waals surface area (Å²) in [5.74, 6) is 0.981. The summed E-state index contributed by atoms with van der Waals surface area (Å²) in [6.45, 7) is 4.79. The Hall–Kier alpha value is -0.980. The average Bonchev–Trinajstić information content (AvgIpc) is 2.65. The Morgan fingerprint density at radius 2 is 2.28 bits per heavy atom. The third-order valence-corrected chi connectivity index (χ3v) is 3.13. The molecule has 0 aromatic carbocycles. The molecule has 0 spiro atoms. The summed E-state index contributed by atoms with van der Waals surface area (Å²) in [4.78, 5) is 8.73. The van der Waals surface area contributed by atoms with E-state index in [2.05, 4.69) is 30.5 Å². The quantitative estimate of drug-likeness (QED) is 0.827. The summed E-state index contributed by atoms with van der Waals surface area (Å²) in [5, 5.41) is 0. The number of nitrogens with two attached hydrogens (primary N) is 1. The largest absolute Gasteiger partial charge is 0.380 e. The summed E-state index contributed by atoms with van der Waals surface area (Å²) in [6.07, 6.45) is 2.71. The van der Waals surface area contributed by atoms with E-state index in [0.29, 0.717) is 13.2 Å². The van der Waals surface area contributed by atoms with Gasteiger partial charge in [0, 0.05) is 30.4 Å². The van der Waals surface area contributed by atoms with Crippen molar-refractivity contribution in [3.8, 4) is 0 Å². The minimum absolute atomic E-state index is 0.573. The number of aromatic nitrogens is 3. The van der Waals surface area contributed by atoms with Crippen molar-refractivity contribution in [3.63, 3.8) is 0 Å². The third kappa shape index (κ3) is 3.07. The molecule has 0 radical (unpaired) electrons. The molecule has 0 aliphatic rings. The van der Waals surface area contributed by atoms with E-state index in [1.165, 1.54) is 0 Å². The van der Waals surface area contributed by atoms with Crippen LogP contribution in [-0.4, -0.2) is 34.3 Å². The van der Waals surface area contributed by atoms with Crippen LogP contribution in [-0.2, 0) is 11.3 Å². The molecule has 2 aromatic rings. The molecule has 2 aromatic heterocycles. The van der Waals surface area contributed by atoms with Gasteiger partial charge in [-0.15, -0.1) is 0 Å². The monoisotopic (exact) mass is 312 g/mol. The Morgan fingerprint density at radius 1 is 1.44 bits per heavy atom. The molecule has 0 amide bonds. The SMILES string of the molecule is Cc1nc2ncc(Br)cc2n1CCCOCCN. The maximum absolute atomic E-state index is 5.37. The summed E-state index contributed by atoms with van der Waals surface area (Å²) in [7, 11) is 0. The standard InChI is InChI=1S/C12H17BrN4O/c1-9-16-12-11(7-10(13)8-15-12)17(9)4-2-5-18-6-3-14/h7-8H,2-6,14H2,1H3. The van der Waals surface area contributed by atoms with Gasteiger partial charge in [0.15, 0.2) is 5.65 Å². The predicted octanol–water partition coefficient (Wildman–Crippen LogP) is 1.87.